The molecule has 2 saturated heterocycles. The molecule has 190 valence electrons. The second-order valence-corrected chi connectivity index (χ2v) is 9.94. The number of ether oxygens (including phenoxy) is 1. The monoisotopic (exact) mass is 501 g/mol. The van der Waals surface area contributed by atoms with E-state index >= 15 is 4.39 Å². The van der Waals surface area contributed by atoms with E-state index in [1.54, 1.807) is 37.4 Å². The number of rotatable bonds is 7. The van der Waals surface area contributed by atoms with Crippen molar-refractivity contribution in [2.75, 3.05) is 26.8 Å². The lowest BCUT2D eigenvalue weighted by Crippen LogP contribution is -2.46. The lowest BCUT2D eigenvalue weighted by Gasteiger charge is -2.28. The van der Waals surface area contributed by atoms with Gasteiger partial charge < -0.3 is 15.0 Å². The van der Waals surface area contributed by atoms with Crippen LogP contribution < -0.4 is 5.32 Å². The van der Waals surface area contributed by atoms with Gasteiger partial charge in [0.25, 0.3) is 5.91 Å². The molecule has 3 aromatic rings. The van der Waals surface area contributed by atoms with E-state index in [-0.39, 0.29) is 29.2 Å². The number of carbonyl (C=O) groups is 1. The van der Waals surface area contributed by atoms with Crippen molar-refractivity contribution in [1.82, 2.24) is 10.2 Å². The molecule has 2 aliphatic heterocycles. The number of fused-ring (bicyclic) bond motifs is 2. The third-order valence-corrected chi connectivity index (χ3v) is 7.59. The molecule has 2 fully saturated rings. The molecular formula is C30H29F2N3O2. The topological polar surface area (TPSA) is 65.4 Å². The SMILES string of the molecule is COCCC(C)c1ccc(-c2ccc(C(=O)N3C[C@H]4C[C@@H]3CN4)cc2-c2ccc(C#N)c(F)c2)c(F)c1. The molecule has 5 nitrogen and oxygen atoms in total. The molecule has 1 N–H and O–H groups in total. The van der Waals surface area contributed by atoms with Crippen LogP contribution in [0.2, 0.25) is 0 Å². The molecule has 5 rings (SSSR count). The van der Waals surface area contributed by atoms with Crippen LogP contribution in [0.25, 0.3) is 22.3 Å². The lowest BCUT2D eigenvalue weighted by molar-refractivity contribution is 0.0716. The van der Waals surface area contributed by atoms with Gasteiger partial charge in [-0.15, -0.1) is 0 Å². The van der Waals surface area contributed by atoms with Gasteiger partial charge in [-0.05, 0) is 71.3 Å². The Labute approximate surface area is 215 Å². The minimum absolute atomic E-state index is 0.0706. The molecule has 2 bridgehead atoms. The fourth-order valence-electron chi connectivity index (χ4n) is 5.42. The van der Waals surface area contributed by atoms with Crippen molar-refractivity contribution in [3.63, 3.8) is 0 Å². The molecular weight excluding hydrogens is 472 g/mol. The van der Waals surface area contributed by atoms with Crippen molar-refractivity contribution >= 4 is 5.91 Å². The summed E-state index contributed by atoms with van der Waals surface area (Å²) < 4.78 is 35.3. The molecule has 0 aromatic heterocycles. The average molecular weight is 502 g/mol. The Morgan fingerprint density at radius 1 is 1.11 bits per heavy atom. The zero-order valence-corrected chi connectivity index (χ0v) is 20.9. The van der Waals surface area contributed by atoms with Gasteiger partial charge in [-0.1, -0.05) is 31.2 Å². The number of hydrogen-bond acceptors (Lipinski definition) is 4. The number of methoxy groups -OCH3 is 1. The molecule has 0 aliphatic carbocycles. The van der Waals surface area contributed by atoms with Crippen molar-refractivity contribution in [3.05, 3.63) is 82.9 Å². The van der Waals surface area contributed by atoms with Gasteiger partial charge in [-0.3, -0.25) is 4.79 Å². The minimum Gasteiger partial charge on any atom is -0.385 e. The van der Waals surface area contributed by atoms with Gasteiger partial charge in [0.05, 0.1) is 5.56 Å². The van der Waals surface area contributed by atoms with Crippen molar-refractivity contribution < 1.29 is 18.3 Å². The van der Waals surface area contributed by atoms with Crippen LogP contribution in [0, 0.1) is 23.0 Å². The minimum atomic E-state index is -0.659. The molecule has 2 aliphatic rings. The fourth-order valence-corrected chi connectivity index (χ4v) is 5.42. The molecule has 3 aromatic carbocycles. The van der Waals surface area contributed by atoms with E-state index in [4.69, 9.17) is 10.00 Å². The Kier molecular flexibility index (Phi) is 7.05. The van der Waals surface area contributed by atoms with Gasteiger partial charge in [0.1, 0.15) is 17.7 Å². The second-order valence-electron chi connectivity index (χ2n) is 9.94. The quantitative estimate of drug-likeness (QED) is 0.465. The van der Waals surface area contributed by atoms with Gasteiger partial charge in [0, 0.05) is 50.0 Å². The first kappa shape index (κ1) is 25.1. The summed E-state index contributed by atoms with van der Waals surface area (Å²) in [5.41, 5.74) is 3.21. The summed E-state index contributed by atoms with van der Waals surface area (Å²) >= 11 is 0. The number of benzene rings is 3. The molecule has 0 radical (unpaired) electrons. The normalized spacial score (nSPS) is 19.2. The number of nitrogens with zero attached hydrogens (tertiary/aromatic N) is 2. The third kappa shape index (κ3) is 4.87. The van der Waals surface area contributed by atoms with E-state index in [1.165, 1.54) is 18.2 Å². The molecule has 1 amide bonds. The van der Waals surface area contributed by atoms with Crippen molar-refractivity contribution in [2.24, 2.45) is 0 Å². The number of likely N-dealkylation sites (tertiary alicyclic amines) is 1. The number of carbonyl (C=O) groups excluding carboxylic acids is 1. The summed E-state index contributed by atoms with van der Waals surface area (Å²) in [4.78, 5) is 15.3. The predicted molar refractivity (Wildman–Crippen MR) is 138 cm³/mol. The van der Waals surface area contributed by atoms with Crippen LogP contribution in [0.15, 0.2) is 54.6 Å². The zero-order chi connectivity index (χ0) is 26.1. The van der Waals surface area contributed by atoms with E-state index in [0.717, 1.165) is 24.9 Å². The van der Waals surface area contributed by atoms with Gasteiger partial charge in [0.15, 0.2) is 0 Å². The van der Waals surface area contributed by atoms with Crippen LogP contribution in [0.4, 0.5) is 8.78 Å². The maximum absolute atomic E-state index is 15.5. The van der Waals surface area contributed by atoms with Crippen molar-refractivity contribution in [2.45, 2.75) is 37.8 Å². The summed E-state index contributed by atoms with van der Waals surface area (Å²) in [6, 6.07) is 17.0. The summed E-state index contributed by atoms with van der Waals surface area (Å²) in [5.74, 6) is -1.01. The highest BCUT2D eigenvalue weighted by Crippen LogP contribution is 2.37. The van der Waals surface area contributed by atoms with Crippen LogP contribution in [-0.2, 0) is 4.74 Å². The van der Waals surface area contributed by atoms with Crippen LogP contribution >= 0.6 is 0 Å². The second kappa shape index (κ2) is 10.4. The van der Waals surface area contributed by atoms with Gasteiger partial charge in [-0.2, -0.15) is 5.26 Å². The van der Waals surface area contributed by atoms with Gasteiger partial charge in [0.2, 0.25) is 0 Å². The van der Waals surface area contributed by atoms with Crippen molar-refractivity contribution in [3.8, 4) is 28.3 Å². The maximum atomic E-state index is 15.5. The van der Waals surface area contributed by atoms with E-state index in [9.17, 15) is 9.18 Å². The molecule has 2 heterocycles. The Bertz CT molecular complexity index is 1380. The first-order valence-corrected chi connectivity index (χ1v) is 12.6. The van der Waals surface area contributed by atoms with E-state index in [2.05, 4.69) is 5.32 Å². The Hall–Kier alpha value is -3.60. The number of halogens is 2. The van der Waals surface area contributed by atoms with Crippen LogP contribution in [0.1, 0.15) is 47.2 Å². The molecule has 0 spiro atoms. The highest BCUT2D eigenvalue weighted by atomic mass is 19.1. The summed E-state index contributed by atoms with van der Waals surface area (Å²) in [5, 5.41) is 12.6. The maximum Gasteiger partial charge on any atom is 0.254 e. The Morgan fingerprint density at radius 3 is 2.57 bits per heavy atom. The van der Waals surface area contributed by atoms with E-state index in [1.807, 2.05) is 24.0 Å². The first-order valence-electron chi connectivity index (χ1n) is 12.6. The molecule has 3 atom stereocenters. The molecule has 37 heavy (non-hydrogen) atoms. The number of nitriles is 1. The standard InChI is InChI=1S/C30H29F2N3O2/c1-18(9-10-37-2)19-5-8-26(29(32)12-19)25-7-6-21(30(36)35-17-23-14-24(35)16-34-23)11-27(25)20-3-4-22(15-33)28(31)13-20/h3-8,11-13,18,23-24,34H,9-10,14,16-17H2,1-2H3/t18?,23-,24-/m1/s1. The zero-order valence-electron chi connectivity index (χ0n) is 20.9. The Morgan fingerprint density at radius 2 is 1.92 bits per heavy atom. The average Bonchev–Trinajstić information content (AvgIpc) is 3.55. The number of piperazine rings is 1. The van der Waals surface area contributed by atoms with Crippen molar-refractivity contribution in [1.29, 1.82) is 5.26 Å². The Balaban J connectivity index is 1.56. The predicted octanol–water partition coefficient (Wildman–Crippen LogP) is 5.50. The first-order chi connectivity index (χ1) is 17.9. The summed E-state index contributed by atoms with van der Waals surface area (Å²) in [6.07, 6.45) is 1.72. The highest BCUT2D eigenvalue weighted by molar-refractivity contribution is 5.98. The fraction of sp³-hybridized carbons (Fsp3) is 0.333. The number of hydrogen-bond donors (Lipinski definition) is 1. The van der Waals surface area contributed by atoms with Gasteiger partial charge in [-0.25, -0.2) is 8.78 Å². The number of nitrogens with one attached hydrogen (secondary N) is 1. The van der Waals surface area contributed by atoms with Crippen LogP contribution in [-0.4, -0.2) is 49.7 Å². The number of amides is 1. The van der Waals surface area contributed by atoms with E-state index in [0.29, 0.717) is 47.0 Å². The smallest absolute Gasteiger partial charge is 0.254 e. The molecule has 1 unspecified atom stereocenters. The molecule has 0 saturated carbocycles. The van der Waals surface area contributed by atoms with E-state index < -0.39 is 5.82 Å². The largest absolute Gasteiger partial charge is 0.385 e. The van der Waals surface area contributed by atoms with Crippen LogP contribution in [0.3, 0.4) is 0 Å². The lowest BCUT2D eigenvalue weighted by atomic mass is 9.89. The summed E-state index contributed by atoms with van der Waals surface area (Å²) in [6.45, 7) is 4.05. The summed E-state index contributed by atoms with van der Waals surface area (Å²) in [7, 11) is 1.64. The highest BCUT2D eigenvalue weighted by Gasteiger charge is 2.40. The van der Waals surface area contributed by atoms with Gasteiger partial charge >= 0.3 is 0 Å². The third-order valence-electron chi connectivity index (χ3n) is 7.59. The molecule has 7 heteroatoms. The van der Waals surface area contributed by atoms with Crippen LogP contribution in [0.5, 0.6) is 0 Å².